The Bertz CT molecular complexity index is 632. The van der Waals surface area contributed by atoms with Gasteiger partial charge in [-0.05, 0) is 31.5 Å². The number of aromatic nitrogens is 2. The van der Waals surface area contributed by atoms with E-state index in [1.807, 2.05) is 18.6 Å². The summed E-state index contributed by atoms with van der Waals surface area (Å²) in [6.45, 7) is 2.69. The molecule has 0 aliphatic carbocycles. The van der Waals surface area contributed by atoms with E-state index in [0.29, 0.717) is 12.5 Å². The molecule has 0 amide bonds. The molecule has 6 nitrogen and oxygen atoms in total. The molecule has 2 aromatic rings. The third-order valence-corrected chi connectivity index (χ3v) is 3.98. The van der Waals surface area contributed by atoms with Crippen LogP contribution in [0.3, 0.4) is 0 Å². The van der Waals surface area contributed by atoms with Crippen molar-refractivity contribution in [3.05, 3.63) is 58.2 Å². The first-order valence-corrected chi connectivity index (χ1v) is 7.18. The van der Waals surface area contributed by atoms with Gasteiger partial charge in [0.05, 0.1) is 11.3 Å². The lowest BCUT2D eigenvalue weighted by Gasteiger charge is -2.23. The fourth-order valence-corrected chi connectivity index (χ4v) is 2.89. The van der Waals surface area contributed by atoms with Crippen LogP contribution in [0, 0.1) is 10.1 Å². The van der Waals surface area contributed by atoms with Crippen molar-refractivity contribution in [1.82, 2.24) is 14.9 Å². The third kappa shape index (κ3) is 3.11. The molecular formula is C15H18N4O2. The Kier molecular flexibility index (Phi) is 3.96. The highest BCUT2D eigenvalue weighted by atomic mass is 16.6. The molecule has 110 valence electrons. The largest absolute Gasteiger partial charge is 0.330 e. The van der Waals surface area contributed by atoms with Gasteiger partial charge in [0.15, 0.2) is 0 Å². The highest BCUT2D eigenvalue weighted by Gasteiger charge is 2.19. The molecule has 0 unspecified atom stereocenters. The molecule has 21 heavy (non-hydrogen) atoms. The smallest absolute Gasteiger partial charge is 0.269 e. The number of rotatable bonds is 4. The lowest BCUT2D eigenvalue weighted by Crippen LogP contribution is -2.27. The number of non-ortho nitro benzene ring substituents is 1. The van der Waals surface area contributed by atoms with Crippen LogP contribution in [0.15, 0.2) is 36.8 Å². The van der Waals surface area contributed by atoms with Gasteiger partial charge in [0.25, 0.3) is 5.69 Å². The Labute approximate surface area is 123 Å². The summed E-state index contributed by atoms with van der Waals surface area (Å²) in [5, 5.41) is 14.2. The maximum Gasteiger partial charge on any atom is 0.269 e. The van der Waals surface area contributed by atoms with Crippen molar-refractivity contribution >= 4 is 5.69 Å². The monoisotopic (exact) mass is 286 g/mol. The molecule has 0 spiro atoms. The fraction of sp³-hybridized carbons (Fsp3) is 0.400. The summed E-state index contributed by atoms with van der Waals surface area (Å²) >= 11 is 0. The number of hydrogen-bond acceptors (Lipinski definition) is 4. The summed E-state index contributed by atoms with van der Waals surface area (Å²) < 4.78 is 2.11. The molecular weight excluding hydrogens is 268 g/mol. The first-order chi connectivity index (χ1) is 10.2. The first-order valence-electron chi connectivity index (χ1n) is 7.18. The van der Waals surface area contributed by atoms with Gasteiger partial charge in [0.1, 0.15) is 0 Å². The van der Waals surface area contributed by atoms with Crippen molar-refractivity contribution < 1.29 is 4.92 Å². The van der Waals surface area contributed by atoms with Gasteiger partial charge in [-0.15, -0.1) is 0 Å². The Morgan fingerprint density at radius 2 is 2.19 bits per heavy atom. The Morgan fingerprint density at radius 3 is 2.95 bits per heavy atom. The van der Waals surface area contributed by atoms with Crippen LogP contribution in [0.1, 0.15) is 30.0 Å². The van der Waals surface area contributed by atoms with E-state index in [-0.39, 0.29) is 10.6 Å². The Morgan fingerprint density at radius 1 is 1.38 bits per heavy atom. The number of nitro benzene ring substituents is 1. The fourth-order valence-electron chi connectivity index (χ4n) is 2.89. The van der Waals surface area contributed by atoms with Crippen molar-refractivity contribution in [2.24, 2.45) is 0 Å². The summed E-state index contributed by atoms with van der Waals surface area (Å²) in [6, 6.07) is 6.80. The minimum atomic E-state index is -0.356. The minimum absolute atomic E-state index is 0.135. The van der Waals surface area contributed by atoms with Crippen LogP contribution < -0.4 is 5.32 Å². The second-order valence-corrected chi connectivity index (χ2v) is 5.40. The zero-order chi connectivity index (χ0) is 14.7. The van der Waals surface area contributed by atoms with Gasteiger partial charge >= 0.3 is 0 Å². The van der Waals surface area contributed by atoms with E-state index in [0.717, 1.165) is 31.5 Å². The topological polar surface area (TPSA) is 73.0 Å². The van der Waals surface area contributed by atoms with Crippen LogP contribution in [-0.2, 0) is 6.54 Å². The molecule has 1 fully saturated rings. The number of piperidine rings is 1. The van der Waals surface area contributed by atoms with E-state index in [2.05, 4.69) is 14.9 Å². The number of nitro groups is 1. The summed E-state index contributed by atoms with van der Waals surface area (Å²) in [5.41, 5.74) is 2.29. The summed E-state index contributed by atoms with van der Waals surface area (Å²) in [4.78, 5) is 14.8. The van der Waals surface area contributed by atoms with Gasteiger partial charge in [-0.3, -0.25) is 10.1 Å². The van der Waals surface area contributed by atoms with Crippen molar-refractivity contribution in [2.45, 2.75) is 25.3 Å². The van der Waals surface area contributed by atoms with Crippen molar-refractivity contribution in [2.75, 3.05) is 13.1 Å². The van der Waals surface area contributed by atoms with E-state index >= 15 is 0 Å². The summed E-state index contributed by atoms with van der Waals surface area (Å²) in [6.07, 6.45) is 5.96. The third-order valence-electron chi connectivity index (χ3n) is 3.98. The summed E-state index contributed by atoms with van der Waals surface area (Å²) in [5.74, 6) is 0.521. The standard InChI is InChI=1S/C15H18N4O2/c20-19(21)14-3-1-2-12(8-14)10-18-11-17-9-15(18)13-4-6-16-7-5-13/h1-3,8-9,11,13,16H,4-7,10H2. The molecule has 1 aromatic carbocycles. The van der Waals surface area contributed by atoms with Crippen LogP contribution in [0.4, 0.5) is 5.69 Å². The second-order valence-electron chi connectivity index (χ2n) is 5.40. The van der Waals surface area contributed by atoms with Gasteiger partial charge in [0, 0.05) is 36.5 Å². The highest BCUT2D eigenvalue weighted by molar-refractivity contribution is 5.34. The predicted molar refractivity (Wildman–Crippen MR) is 79.3 cm³/mol. The number of nitrogens with one attached hydrogen (secondary N) is 1. The van der Waals surface area contributed by atoms with Gasteiger partial charge in [-0.2, -0.15) is 0 Å². The molecule has 1 N–H and O–H groups in total. The molecule has 1 saturated heterocycles. The number of benzene rings is 1. The Hall–Kier alpha value is -2.21. The normalized spacial score (nSPS) is 16.0. The number of imidazole rings is 1. The van der Waals surface area contributed by atoms with Gasteiger partial charge in [-0.1, -0.05) is 12.1 Å². The van der Waals surface area contributed by atoms with Crippen molar-refractivity contribution in [3.8, 4) is 0 Å². The van der Waals surface area contributed by atoms with E-state index in [1.54, 1.807) is 12.1 Å². The second kappa shape index (κ2) is 6.05. The van der Waals surface area contributed by atoms with E-state index in [1.165, 1.54) is 11.8 Å². The molecule has 1 aromatic heterocycles. The molecule has 0 radical (unpaired) electrons. The maximum absolute atomic E-state index is 10.8. The lowest BCUT2D eigenvalue weighted by atomic mass is 9.95. The molecule has 2 heterocycles. The molecule has 1 aliphatic heterocycles. The highest BCUT2D eigenvalue weighted by Crippen LogP contribution is 2.25. The molecule has 1 aliphatic rings. The zero-order valence-corrected chi connectivity index (χ0v) is 11.7. The number of hydrogen-bond donors (Lipinski definition) is 1. The van der Waals surface area contributed by atoms with Gasteiger partial charge in [0.2, 0.25) is 0 Å². The van der Waals surface area contributed by atoms with E-state index in [9.17, 15) is 10.1 Å². The van der Waals surface area contributed by atoms with Crippen LogP contribution in [-0.4, -0.2) is 27.6 Å². The Balaban J connectivity index is 1.80. The van der Waals surface area contributed by atoms with Crippen LogP contribution >= 0.6 is 0 Å². The maximum atomic E-state index is 10.8. The van der Waals surface area contributed by atoms with Gasteiger partial charge in [-0.25, -0.2) is 4.98 Å². The molecule has 0 bridgehead atoms. The quantitative estimate of drug-likeness (QED) is 0.691. The van der Waals surface area contributed by atoms with E-state index < -0.39 is 0 Å². The average Bonchev–Trinajstić information content (AvgIpc) is 2.96. The van der Waals surface area contributed by atoms with Crippen LogP contribution in [0.2, 0.25) is 0 Å². The predicted octanol–water partition coefficient (Wildman–Crippen LogP) is 2.31. The summed E-state index contributed by atoms with van der Waals surface area (Å²) in [7, 11) is 0. The molecule has 0 saturated carbocycles. The van der Waals surface area contributed by atoms with Crippen LogP contribution in [0.5, 0.6) is 0 Å². The van der Waals surface area contributed by atoms with Crippen molar-refractivity contribution in [3.63, 3.8) is 0 Å². The number of nitrogens with zero attached hydrogens (tertiary/aromatic N) is 3. The van der Waals surface area contributed by atoms with E-state index in [4.69, 9.17) is 0 Å². The minimum Gasteiger partial charge on any atom is -0.330 e. The first kappa shape index (κ1) is 13.8. The molecule has 6 heteroatoms. The molecule has 0 atom stereocenters. The zero-order valence-electron chi connectivity index (χ0n) is 11.7. The SMILES string of the molecule is O=[N+]([O-])c1cccc(Cn2cncc2C2CCNCC2)c1. The van der Waals surface area contributed by atoms with Crippen molar-refractivity contribution in [1.29, 1.82) is 0 Å². The average molecular weight is 286 g/mol. The lowest BCUT2D eigenvalue weighted by molar-refractivity contribution is -0.384. The van der Waals surface area contributed by atoms with Gasteiger partial charge < -0.3 is 9.88 Å². The van der Waals surface area contributed by atoms with Crippen LogP contribution in [0.25, 0.3) is 0 Å². The molecule has 3 rings (SSSR count).